The molecule has 0 saturated carbocycles. The van der Waals surface area contributed by atoms with Crippen molar-refractivity contribution in [1.82, 2.24) is 19.9 Å². The molecule has 0 aliphatic carbocycles. The van der Waals surface area contributed by atoms with Crippen LogP contribution in [0.1, 0.15) is 23.6 Å². The number of urea groups is 1. The monoisotopic (exact) mass is 397 g/mol. The number of amides is 2. The molecule has 0 N–H and O–H groups in total. The van der Waals surface area contributed by atoms with Crippen LogP contribution in [0, 0.1) is 23.0 Å². The number of benzene rings is 1. The third kappa shape index (κ3) is 3.85. The van der Waals surface area contributed by atoms with Crippen LogP contribution in [0.5, 0.6) is 0 Å². The molecule has 1 unspecified atom stereocenters. The quantitative estimate of drug-likeness (QED) is 0.776. The molecule has 1 atom stereocenters. The number of hydrogen-bond acceptors (Lipinski definition) is 6. The molecule has 3 heterocycles. The molecule has 2 amide bonds. The van der Waals surface area contributed by atoms with Gasteiger partial charge in [-0.15, -0.1) is 0 Å². The van der Waals surface area contributed by atoms with Gasteiger partial charge in [0.05, 0.1) is 24.0 Å². The van der Waals surface area contributed by atoms with Gasteiger partial charge in [0.2, 0.25) is 5.95 Å². The second-order valence-corrected chi connectivity index (χ2v) is 6.74. The van der Waals surface area contributed by atoms with Crippen molar-refractivity contribution in [2.45, 2.75) is 12.5 Å². The second kappa shape index (κ2) is 7.79. The Balaban J connectivity index is 1.42. The van der Waals surface area contributed by atoms with E-state index in [0.717, 1.165) is 6.07 Å². The summed E-state index contributed by atoms with van der Waals surface area (Å²) in [5, 5.41) is 14.2. The van der Waals surface area contributed by atoms with E-state index in [9.17, 15) is 13.6 Å². The van der Waals surface area contributed by atoms with Crippen molar-refractivity contribution in [1.29, 1.82) is 5.26 Å². The zero-order valence-electron chi connectivity index (χ0n) is 15.4. The molecule has 10 heteroatoms. The molecular formula is C19H17F2N7O. The summed E-state index contributed by atoms with van der Waals surface area (Å²) in [5.41, 5.74) is 0.757. The highest BCUT2D eigenvalue weighted by Crippen LogP contribution is 2.30. The molecule has 1 fully saturated rings. The van der Waals surface area contributed by atoms with Crippen molar-refractivity contribution in [3.63, 3.8) is 0 Å². The van der Waals surface area contributed by atoms with Crippen LogP contribution in [0.4, 0.5) is 19.5 Å². The number of carbonyl (C=O) groups excluding carboxylic acids is 1. The van der Waals surface area contributed by atoms with E-state index in [0.29, 0.717) is 49.7 Å². The molecular weight excluding hydrogens is 380 g/mol. The van der Waals surface area contributed by atoms with E-state index in [1.54, 1.807) is 11.1 Å². The highest BCUT2D eigenvalue weighted by molar-refractivity contribution is 5.78. The fourth-order valence-electron chi connectivity index (χ4n) is 3.43. The zero-order valence-corrected chi connectivity index (χ0v) is 15.4. The van der Waals surface area contributed by atoms with Crippen molar-refractivity contribution in [3.05, 3.63) is 53.4 Å². The third-order valence-corrected chi connectivity index (χ3v) is 4.90. The van der Waals surface area contributed by atoms with Gasteiger partial charge in [0.1, 0.15) is 17.7 Å². The minimum absolute atomic E-state index is 0.311. The molecule has 0 radical (unpaired) electrons. The van der Waals surface area contributed by atoms with Crippen molar-refractivity contribution in [2.75, 3.05) is 31.1 Å². The molecule has 0 spiro atoms. The molecule has 1 aromatic heterocycles. The number of anilines is 1. The summed E-state index contributed by atoms with van der Waals surface area (Å²) in [4.78, 5) is 24.9. The van der Waals surface area contributed by atoms with Gasteiger partial charge in [-0.1, -0.05) is 0 Å². The van der Waals surface area contributed by atoms with E-state index in [1.807, 2.05) is 11.0 Å². The lowest BCUT2D eigenvalue weighted by Crippen LogP contribution is -2.52. The predicted octanol–water partition coefficient (Wildman–Crippen LogP) is 2.30. The summed E-state index contributed by atoms with van der Waals surface area (Å²) < 4.78 is 27.2. The van der Waals surface area contributed by atoms with E-state index < -0.39 is 17.7 Å². The Hall–Kier alpha value is -3.61. The highest BCUT2D eigenvalue weighted by Gasteiger charge is 2.33. The summed E-state index contributed by atoms with van der Waals surface area (Å²) in [5.74, 6) is -0.867. The minimum Gasteiger partial charge on any atom is -0.337 e. The van der Waals surface area contributed by atoms with Gasteiger partial charge in [-0.25, -0.2) is 28.6 Å². The molecule has 0 bridgehead atoms. The normalized spacial score (nSPS) is 18.8. The number of aromatic nitrogens is 2. The van der Waals surface area contributed by atoms with E-state index in [2.05, 4.69) is 15.1 Å². The van der Waals surface area contributed by atoms with Crippen LogP contribution in [-0.4, -0.2) is 58.3 Å². The molecule has 29 heavy (non-hydrogen) atoms. The lowest BCUT2D eigenvalue weighted by molar-refractivity contribution is 0.139. The van der Waals surface area contributed by atoms with Crippen LogP contribution in [0.3, 0.4) is 0 Å². The molecule has 2 aliphatic heterocycles. The van der Waals surface area contributed by atoms with Gasteiger partial charge in [0.25, 0.3) is 0 Å². The number of piperazine rings is 1. The Bertz CT molecular complexity index is 961. The zero-order chi connectivity index (χ0) is 20.4. The van der Waals surface area contributed by atoms with Crippen LogP contribution in [0.25, 0.3) is 0 Å². The Morgan fingerprint density at radius 2 is 1.72 bits per heavy atom. The minimum atomic E-state index is -0.685. The Morgan fingerprint density at radius 1 is 1.07 bits per heavy atom. The van der Waals surface area contributed by atoms with E-state index in [1.165, 1.54) is 29.5 Å². The smallest absolute Gasteiger partial charge is 0.337 e. The summed E-state index contributed by atoms with van der Waals surface area (Å²) in [6.45, 7) is 1.90. The van der Waals surface area contributed by atoms with Gasteiger partial charge in [-0.3, -0.25) is 0 Å². The first kappa shape index (κ1) is 18.7. The van der Waals surface area contributed by atoms with E-state index >= 15 is 0 Å². The first-order valence-electron chi connectivity index (χ1n) is 9.09. The van der Waals surface area contributed by atoms with E-state index in [-0.39, 0.29) is 6.03 Å². The topological polar surface area (TPSA) is 88.7 Å². The molecule has 1 saturated heterocycles. The van der Waals surface area contributed by atoms with E-state index in [4.69, 9.17) is 5.26 Å². The number of carbonyl (C=O) groups is 1. The average molecular weight is 397 g/mol. The van der Waals surface area contributed by atoms with Crippen molar-refractivity contribution >= 4 is 18.2 Å². The fourth-order valence-corrected chi connectivity index (χ4v) is 3.43. The molecule has 4 rings (SSSR count). The summed E-state index contributed by atoms with van der Waals surface area (Å²) in [7, 11) is 0. The lowest BCUT2D eigenvalue weighted by atomic mass is 10.0. The summed E-state index contributed by atoms with van der Waals surface area (Å²) >= 11 is 0. The number of rotatable bonds is 2. The lowest BCUT2D eigenvalue weighted by Gasteiger charge is -2.37. The number of halogens is 2. The maximum Gasteiger partial charge on any atom is 0.341 e. The molecule has 2 aromatic rings. The maximum atomic E-state index is 13.6. The van der Waals surface area contributed by atoms with Crippen LogP contribution >= 0.6 is 0 Å². The Kier molecular flexibility index (Phi) is 5.03. The number of hydrazone groups is 1. The highest BCUT2D eigenvalue weighted by atomic mass is 19.1. The van der Waals surface area contributed by atoms with Crippen molar-refractivity contribution in [3.8, 4) is 6.07 Å². The second-order valence-electron chi connectivity index (χ2n) is 6.74. The van der Waals surface area contributed by atoms with Gasteiger partial charge in [-0.2, -0.15) is 10.4 Å². The van der Waals surface area contributed by atoms with Gasteiger partial charge < -0.3 is 9.80 Å². The van der Waals surface area contributed by atoms with Crippen LogP contribution < -0.4 is 4.90 Å². The van der Waals surface area contributed by atoms with Gasteiger partial charge in [0, 0.05) is 44.9 Å². The Labute approximate surface area is 165 Å². The van der Waals surface area contributed by atoms with Crippen LogP contribution in [-0.2, 0) is 0 Å². The number of nitrogens with zero attached hydrogens (tertiary/aromatic N) is 7. The SMILES string of the molecule is N#Cc1cnc(N2CCN(C(=O)N3N=CCC3c3cc(F)cc(F)c3)CC2)nc1. The summed E-state index contributed by atoms with van der Waals surface area (Å²) in [6.07, 6.45) is 4.89. The third-order valence-electron chi connectivity index (χ3n) is 4.90. The fraction of sp³-hybridized carbons (Fsp3) is 0.316. The maximum absolute atomic E-state index is 13.6. The van der Waals surface area contributed by atoms with Gasteiger partial charge in [-0.05, 0) is 17.7 Å². The van der Waals surface area contributed by atoms with Crippen molar-refractivity contribution in [2.24, 2.45) is 5.10 Å². The summed E-state index contributed by atoms with van der Waals surface area (Å²) in [6, 6.07) is 4.38. The van der Waals surface area contributed by atoms with Gasteiger partial charge >= 0.3 is 6.03 Å². The molecule has 8 nitrogen and oxygen atoms in total. The first-order valence-corrected chi connectivity index (χ1v) is 9.09. The number of hydrogen-bond donors (Lipinski definition) is 0. The van der Waals surface area contributed by atoms with Crippen molar-refractivity contribution < 1.29 is 13.6 Å². The average Bonchev–Trinajstić information content (AvgIpc) is 3.23. The molecule has 148 valence electrons. The predicted molar refractivity (Wildman–Crippen MR) is 100.0 cm³/mol. The van der Waals surface area contributed by atoms with Gasteiger partial charge in [0.15, 0.2) is 0 Å². The molecule has 2 aliphatic rings. The standard InChI is InChI=1S/C19H17F2N7O/c20-15-7-14(8-16(21)9-15)17-1-2-25-28(17)19(29)27-5-3-26(4-6-27)18-23-11-13(10-22)12-24-18/h2,7-9,11-12,17H,1,3-6H2. The first-order chi connectivity index (χ1) is 14.0. The largest absolute Gasteiger partial charge is 0.341 e. The molecule has 1 aromatic carbocycles. The van der Waals surface area contributed by atoms with Crippen LogP contribution in [0.15, 0.2) is 35.7 Å². The van der Waals surface area contributed by atoms with Crippen LogP contribution in [0.2, 0.25) is 0 Å². The Morgan fingerprint density at radius 3 is 2.34 bits per heavy atom. The number of nitriles is 1.